The van der Waals surface area contributed by atoms with E-state index in [1.807, 2.05) is 24.3 Å². The van der Waals surface area contributed by atoms with Gasteiger partial charge in [0, 0.05) is 42.4 Å². The number of hydrogen-bond acceptors (Lipinski definition) is 6. The molecule has 166 valence electrons. The van der Waals surface area contributed by atoms with Crippen LogP contribution in [0.25, 0.3) is 5.76 Å². The first-order valence-electron chi connectivity index (χ1n) is 10.9. The van der Waals surface area contributed by atoms with E-state index >= 15 is 0 Å². The van der Waals surface area contributed by atoms with E-state index in [4.69, 9.17) is 0 Å². The molecule has 33 heavy (non-hydrogen) atoms. The average molecular weight is 441 g/mol. The fourth-order valence-corrected chi connectivity index (χ4v) is 4.54. The van der Waals surface area contributed by atoms with Crippen LogP contribution in [0.3, 0.4) is 0 Å². The van der Waals surface area contributed by atoms with E-state index < -0.39 is 17.7 Å². The van der Waals surface area contributed by atoms with E-state index in [2.05, 4.69) is 9.88 Å². The van der Waals surface area contributed by atoms with Crippen molar-refractivity contribution in [3.05, 3.63) is 89.8 Å². The van der Waals surface area contributed by atoms with Crippen LogP contribution in [0, 0.1) is 0 Å². The Hall–Kier alpha value is -4.13. The van der Waals surface area contributed by atoms with Crippen molar-refractivity contribution < 1.29 is 19.8 Å². The molecule has 0 radical (unpaired) electrons. The molecule has 2 aromatic carbocycles. The number of phenols is 1. The second-order valence-electron chi connectivity index (χ2n) is 8.21. The highest BCUT2D eigenvalue weighted by molar-refractivity contribution is 6.51. The summed E-state index contributed by atoms with van der Waals surface area (Å²) in [6.45, 7) is 2.01. The van der Waals surface area contributed by atoms with Gasteiger partial charge in [0.15, 0.2) is 0 Å². The quantitative estimate of drug-likeness (QED) is 0.361. The number of ketones is 1. The van der Waals surface area contributed by atoms with Crippen LogP contribution in [0.4, 0.5) is 11.4 Å². The maximum absolute atomic E-state index is 13.2. The van der Waals surface area contributed by atoms with Crippen LogP contribution in [0.5, 0.6) is 5.75 Å². The summed E-state index contributed by atoms with van der Waals surface area (Å²) in [5.74, 6) is -1.66. The zero-order chi connectivity index (χ0) is 22.9. The molecule has 0 bridgehead atoms. The minimum atomic E-state index is -0.837. The van der Waals surface area contributed by atoms with Crippen LogP contribution in [-0.4, -0.2) is 40.0 Å². The van der Waals surface area contributed by atoms with Gasteiger partial charge < -0.3 is 15.1 Å². The Labute approximate surface area is 191 Å². The Morgan fingerprint density at radius 3 is 2.09 bits per heavy atom. The lowest BCUT2D eigenvalue weighted by atomic mass is 9.95. The first kappa shape index (κ1) is 20.8. The molecule has 2 aliphatic heterocycles. The van der Waals surface area contributed by atoms with Gasteiger partial charge in [0.2, 0.25) is 0 Å². The van der Waals surface area contributed by atoms with Gasteiger partial charge in [0.05, 0.1) is 11.6 Å². The number of amides is 1. The number of anilines is 2. The molecule has 2 fully saturated rings. The third-order valence-electron chi connectivity index (χ3n) is 6.21. The number of benzene rings is 2. The number of phenolic OH excluding ortho intramolecular Hbond substituents is 1. The van der Waals surface area contributed by atoms with Crippen molar-refractivity contribution in [2.45, 2.75) is 18.9 Å². The van der Waals surface area contributed by atoms with Crippen LogP contribution in [0.15, 0.2) is 78.6 Å². The summed E-state index contributed by atoms with van der Waals surface area (Å²) in [4.78, 5) is 34.0. The normalized spacial score (nSPS) is 19.9. The molecule has 0 spiro atoms. The molecule has 2 aliphatic rings. The number of carbonyl (C=O) groups is 2. The van der Waals surface area contributed by atoms with Crippen molar-refractivity contribution in [2.75, 3.05) is 22.9 Å². The maximum atomic E-state index is 13.2. The predicted molar refractivity (Wildman–Crippen MR) is 125 cm³/mol. The Kier molecular flexibility index (Phi) is 5.30. The largest absolute Gasteiger partial charge is 0.508 e. The lowest BCUT2D eigenvalue weighted by Gasteiger charge is -2.26. The molecule has 5 rings (SSSR count). The molecule has 1 unspecified atom stereocenters. The first-order chi connectivity index (χ1) is 16.0. The summed E-state index contributed by atoms with van der Waals surface area (Å²) in [5, 5.41) is 20.8. The summed E-state index contributed by atoms with van der Waals surface area (Å²) < 4.78 is 0. The van der Waals surface area contributed by atoms with Crippen LogP contribution in [0.2, 0.25) is 0 Å². The monoisotopic (exact) mass is 441 g/mol. The van der Waals surface area contributed by atoms with Gasteiger partial charge in [-0.25, -0.2) is 0 Å². The molecule has 2 saturated heterocycles. The lowest BCUT2D eigenvalue weighted by Crippen LogP contribution is -2.29. The third-order valence-corrected chi connectivity index (χ3v) is 6.21. The van der Waals surface area contributed by atoms with E-state index in [1.54, 1.807) is 24.3 Å². The molecule has 1 aromatic heterocycles. The fraction of sp³-hybridized carbons (Fsp3) is 0.192. The molecule has 7 nitrogen and oxygen atoms in total. The number of hydrogen-bond donors (Lipinski definition) is 2. The van der Waals surface area contributed by atoms with Gasteiger partial charge in [0.25, 0.3) is 11.7 Å². The van der Waals surface area contributed by atoms with Gasteiger partial charge in [-0.1, -0.05) is 12.1 Å². The number of pyridine rings is 1. The number of aliphatic hydroxyl groups excluding tert-OH is 1. The van der Waals surface area contributed by atoms with Gasteiger partial charge in [-0.15, -0.1) is 0 Å². The topological polar surface area (TPSA) is 94.0 Å². The van der Waals surface area contributed by atoms with Gasteiger partial charge in [0.1, 0.15) is 11.5 Å². The van der Waals surface area contributed by atoms with Crippen LogP contribution in [0.1, 0.15) is 30.0 Å². The Morgan fingerprint density at radius 2 is 1.45 bits per heavy atom. The first-order valence-corrected chi connectivity index (χ1v) is 10.9. The zero-order valence-electron chi connectivity index (χ0n) is 17.9. The summed E-state index contributed by atoms with van der Waals surface area (Å²) in [6, 6.07) is 16.2. The smallest absolute Gasteiger partial charge is 0.300 e. The lowest BCUT2D eigenvalue weighted by molar-refractivity contribution is -0.132. The minimum absolute atomic E-state index is 0.000472. The van der Waals surface area contributed by atoms with Crippen LogP contribution in [-0.2, 0) is 9.59 Å². The molecule has 0 aliphatic carbocycles. The summed E-state index contributed by atoms with van der Waals surface area (Å²) in [5.41, 5.74) is 2.64. The maximum Gasteiger partial charge on any atom is 0.300 e. The van der Waals surface area contributed by atoms with Crippen molar-refractivity contribution >= 4 is 28.8 Å². The van der Waals surface area contributed by atoms with Gasteiger partial charge in [-0.2, -0.15) is 0 Å². The SMILES string of the molecule is O=C1C(=O)N(c2ccc(N3CCCC3)cc2)C(c2ccc(O)cc2)/C1=C(\O)c1ccncc1. The Bertz CT molecular complexity index is 1210. The van der Waals surface area contributed by atoms with Crippen molar-refractivity contribution in [1.29, 1.82) is 0 Å². The Morgan fingerprint density at radius 1 is 0.848 bits per heavy atom. The number of rotatable bonds is 4. The van der Waals surface area contributed by atoms with Gasteiger partial charge >= 0.3 is 0 Å². The van der Waals surface area contributed by atoms with Crippen molar-refractivity contribution in [3.8, 4) is 5.75 Å². The van der Waals surface area contributed by atoms with Crippen molar-refractivity contribution in [2.24, 2.45) is 0 Å². The van der Waals surface area contributed by atoms with Gasteiger partial charge in [-0.3, -0.25) is 19.5 Å². The number of Topliss-reactive ketones (excluding diaryl/α,β-unsaturated/α-hetero) is 1. The molecule has 1 amide bonds. The van der Waals surface area contributed by atoms with E-state index in [9.17, 15) is 19.8 Å². The predicted octanol–water partition coefficient (Wildman–Crippen LogP) is 4.01. The fourth-order valence-electron chi connectivity index (χ4n) is 4.54. The molecular formula is C26H23N3O4. The molecule has 1 atom stereocenters. The Balaban J connectivity index is 1.62. The molecule has 7 heteroatoms. The van der Waals surface area contributed by atoms with E-state index in [0.29, 0.717) is 16.8 Å². The molecule has 3 aromatic rings. The van der Waals surface area contributed by atoms with E-state index in [1.165, 1.54) is 29.4 Å². The molecular weight excluding hydrogens is 418 g/mol. The van der Waals surface area contributed by atoms with Gasteiger partial charge in [-0.05, 0) is 66.9 Å². The van der Waals surface area contributed by atoms with Crippen LogP contribution < -0.4 is 9.80 Å². The number of carbonyl (C=O) groups excluding carboxylic acids is 2. The number of nitrogens with zero attached hydrogens (tertiary/aromatic N) is 3. The van der Waals surface area contributed by atoms with E-state index in [-0.39, 0.29) is 17.1 Å². The summed E-state index contributed by atoms with van der Waals surface area (Å²) in [6.07, 6.45) is 5.34. The summed E-state index contributed by atoms with van der Waals surface area (Å²) >= 11 is 0. The molecule has 2 N–H and O–H groups in total. The molecule has 3 heterocycles. The molecule has 0 saturated carbocycles. The zero-order valence-corrected chi connectivity index (χ0v) is 17.9. The van der Waals surface area contributed by atoms with Crippen LogP contribution >= 0.6 is 0 Å². The van der Waals surface area contributed by atoms with E-state index in [0.717, 1.165) is 31.6 Å². The highest BCUT2D eigenvalue weighted by Crippen LogP contribution is 2.42. The van der Waals surface area contributed by atoms with Crippen molar-refractivity contribution in [1.82, 2.24) is 4.98 Å². The number of aromatic hydroxyl groups is 1. The second kappa shape index (κ2) is 8.43. The standard InChI is InChI=1S/C26H23N3O4/c30-21-9-3-17(4-10-21)23-22(24(31)18-11-13-27-14-12-18)25(32)26(33)29(23)20-7-5-19(6-8-20)28-15-1-2-16-28/h3-14,23,30-31H,1-2,15-16H2/b24-22+. The highest BCUT2D eigenvalue weighted by atomic mass is 16.3. The van der Waals surface area contributed by atoms with Crippen molar-refractivity contribution in [3.63, 3.8) is 0 Å². The number of aromatic nitrogens is 1. The third kappa shape index (κ3) is 3.71. The average Bonchev–Trinajstić information content (AvgIpc) is 3.47. The minimum Gasteiger partial charge on any atom is -0.508 e. The second-order valence-corrected chi connectivity index (χ2v) is 8.21. The summed E-state index contributed by atoms with van der Waals surface area (Å²) in [7, 11) is 0. The number of aliphatic hydroxyl groups is 1. The highest BCUT2D eigenvalue weighted by Gasteiger charge is 2.47.